The molecule has 0 unspecified atom stereocenters. The van der Waals surface area contributed by atoms with E-state index in [-0.39, 0.29) is 4.75 Å². The van der Waals surface area contributed by atoms with Crippen molar-refractivity contribution >= 4 is 12.6 Å². The molecular weight excluding hydrogens is 232 g/mol. The van der Waals surface area contributed by atoms with Crippen molar-refractivity contribution in [3.05, 3.63) is 29.8 Å². The van der Waals surface area contributed by atoms with Crippen LogP contribution in [0.3, 0.4) is 0 Å². The fraction of sp³-hybridized carbons (Fsp3) is 0.571. The smallest absolute Gasteiger partial charge is 0.143 e. The van der Waals surface area contributed by atoms with E-state index in [1.165, 1.54) is 5.56 Å². The number of rotatable bonds is 5. The first-order valence-corrected chi connectivity index (χ1v) is 6.51. The van der Waals surface area contributed by atoms with Gasteiger partial charge in [-0.05, 0) is 38.6 Å². The molecule has 0 fully saturated rings. The number of benzene rings is 1. The van der Waals surface area contributed by atoms with Crippen LogP contribution in [0, 0.1) is 0 Å². The summed E-state index contributed by atoms with van der Waals surface area (Å²) in [5.41, 5.74) is 1.23. The minimum Gasteiger partial charge on any atom is -0.491 e. The van der Waals surface area contributed by atoms with Crippen molar-refractivity contribution in [2.24, 2.45) is 0 Å². The van der Waals surface area contributed by atoms with E-state index in [1.54, 1.807) is 7.11 Å². The van der Waals surface area contributed by atoms with Gasteiger partial charge >= 0.3 is 0 Å². The second kappa shape index (κ2) is 8.43. The Labute approximate surface area is 111 Å². The summed E-state index contributed by atoms with van der Waals surface area (Å²) in [5.74, 6) is 0.881. The van der Waals surface area contributed by atoms with Gasteiger partial charge in [-0.2, -0.15) is 0 Å². The molecule has 0 atom stereocenters. The Bertz CT molecular complexity index is 288. The third-order valence-corrected chi connectivity index (χ3v) is 2.42. The molecule has 0 bridgehead atoms. The summed E-state index contributed by atoms with van der Waals surface area (Å²) in [6.45, 7) is 9.44. The molecule has 0 amide bonds. The van der Waals surface area contributed by atoms with E-state index in [2.05, 4.69) is 38.6 Å². The molecule has 3 heteroatoms. The number of hydrogen-bond acceptors (Lipinski definition) is 2. The number of methoxy groups -OCH3 is 1. The number of hydrogen-bond donors (Lipinski definition) is 0. The fourth-order valence-corrected chi connectivity index (χ4v) is 1.38. The largest absolute Gasteiger partial charge is 0.491 e. The van der Waals surface area contributed by atoms with Gasteiger partial charge in [-0.15, -0.1) is 0 Å². The summed E-state index contributed by atoms with van der Waals surface area (Å²) in [6.07, 6.45) is 0. The molecule has 0 aromatic heterocycles. The van der Waals surface area contributed by atoms with Gasteiger partial charge in [0.05, 0.1) is 6.61 Å². The molecule has 0 spiro atoms. The van der Waals surface area contributed by atoms with Crippen molar-refractivity contribution in [1.29, 1.82) is 0 Å². The van der Waals surface area contributed by atoms with E-state index in [9.17, 15) is 0 Å². The molecule has 1 aromatic carbocycles. The van der Waals surface area contributed by atoms with Crippen LogP contribution in [-0.4, -0.2) is 20.3 Å². The third kappa shape index (κ3) is 6.59. The molecule has 0 heterocycles. The van der Waals surface area contributed by atoms with E-state index in [0.717, 1.165) is 5.75 Å². The van der Waals surface area contributed by atoms with E-state index < -0.39 is 0 Å². The summed E-state index contributed by atoms with van der Waals surface area (Å²) in [6, 6.07) is 8.09. The molecule has 2 nitrogen and oxygen atoms in total. The van der Waals surface area contributed by atoms with Crippen LogP contribution in [0.4, 0.5) is 0 Å². The molecule has 1 rings (SSSR count). The molecule has 17 heavy (non-hydrogen) atoms. The van der Waals surface area contributed by atoms with Crippen molar-refractivity contribution in [2.45, 2.75) is 32.4 Å². The van der Waals surface area contributed by atoms with Crippen LogP contribution in [0.5, 0.6) is 5.75 Å². The molecular formula is C14H25O2S+. The Morgan fingerprint density at radius 2 is 1.59 bits per heavy atom. The highest BCUT2D eigenvalue weighted by Crippen LogP contribution is 2.23. The summed E-state index contributed by atoms with van der Waals surface area (Å²) < 4.78 is 10.4. The maximum absolute atomic E-state index is 5.47. The van der Waals surface area contributed by atoms with E-state index in [0.29, 0.717) is 13.2 Å². The summed E-state index contributed by atoms with van der Waals surface area (Å²) in [4.78, 5) is 0. The second-order valence-electron chi connectivity index (χ2n) is 3.99. The first-order valence-electron chi connectivity index (χ1n) is 6.01. The highest BCUT2D eigenvalue weighted by molar-refractivity contribution is 7.59. The van der Waals surface area contributed by atoms with E-state index in [4.69, 9.17) is 9.47 Å². The van der Waals surface area contributed by atoms with Crippen LogP contribution in [0.1, 0.15) is 33.3 Å². The topological polar surface area (TPSA) is 18.5 Å². The Morgan fingerprint density at radius 1 is 1.06 bits per heavy atom. The van der Waals surface area contributed by atoms with Gasteiger partial charge in [0, 0.05) is 12.7 Å². The normalized spacial score (nSPS) is 10.5. The lowest BCUT2D eigenvalue weighted by molar-refractivity contribution is 0.146. The standard InChI is InChI=1S/C12H18O2S.C2H6/c1-12(2,15)10-4-6-11(7-5-10)14-9-8-13-3;1-2/h4-7,15H,8-9H2,1-3H3;1-2H3/p+1. The van der Waals surface area contributed by atoms with Gasteiger partial charge in [0.25, 0.3) is 0 Å². The maximum Gasteiger partial charge on any atom is 0.143 e. The maximum atomic E-state index is 5.47. The molecule has 0 N–H and O–H groups in total. The van der Waals surface area contributed by atoms with E-state index in [1.807, 2.05) is 26.0 Å². The van der Waals surface area contributed by atoms with Crippen LogP contribution >= 0.6 is 0 Å². The summed E-state index contributed by atoms with van der Waals surface area (Å²) in [7, 11) is 1.67. The lowest BCUT2D eigenvalue weighted by atomic mass is 10.0. The Kier molecular flexibility index (Phi) is 8.09. The van der Waals surface area contributed by atoms with Gasteiger partial charge in [-0.1, -0.05) is 26.0 Å². The quantitative estimate of drug-likeness (QED) is 0.596. The van der Waals surface area contributed by atoms with Crippen molar-refractivity contribution in [2.75, 3.05) is 20.3 Å². The van der Waals surface area contributed by atoms with Crippen LogP contribution in [0.2, 0.25) is 0 Å². The van der Waals surface area contributed by atoms with Gasteiger partial charge in [-0.3, -0.25) is 0 Å². The monoisotopic (exact) mass is 257 g/mol. The molecule has 98 valence electrons. The van der Waals surface area contributed by atoms with Crippen LogP contribution in [0.15, 0.2) is 24.3 Å². The van der Waals surface area contributed by atoms with Crippen LogP contribution in [-0.2, 0) is 22.1 Å². The first-order chi connectivity index (χ1) is 8.04. The molecule has 0 aliphatic heterocycles. The SMILES string of the molecule is CC.COCCOc1ccc(C(C)(C)[SH2+])cc1. The molecule has 0 aliphatic carbocycles. The molecule has 0 saturated carbocycles. The average molecular weight is 257 g/mol. The van der Waals surface area contributed by atoms with E-state index >= 15 is 0 Å². The van der Waals surface area contributed by atoms with Gasteiger partial charge in [0.2, 0.25) is 0 Å². The Hall–Kier alpha value is -0.670. The van der Waals surface area contributed by atoms with Crippen LogP contribution < -0.4 is 4.74 Å². The average Bonchev–Trinajstić information content (AvgIpc) is 2.32. The van der Waals surface area contributed by atoms with Crippen LogP contribution in [0.25, 0.3) is 0 Å². The van der Waals surface area contributed by atoms with Gasteiger partial charge in [0.15, 0.2) is 0 Å². The molecule has 1 aromatic rings. The highest BCUT2D eigenvalue weighted by Gasteiger charge is 2.20. The summed E-state index contributed by atoms with van der Waals surface area (Å²) in [5, 5.41) is 0. The van der Waals surface area contributed by atoms with Crippen molar-refractivity contribution in [1.82, 2.24) is 0 Å². The van der Waals surface area contributed by atoms with Gasteiger partial charge in [0.1, 0.15) is 17.1 Å². The zero-order valence-corrected chi connectivity index (χ0v) is 12.5. The van der Waals surface area contributed by atoms with Crippen molar-refractivity contribution < 1.29 is 9.47 Å². The fourth-order valence-electron chi connectivity index (χ4n) is 1.21. The molecule has 0 aliphatic rings. The molecule has 0 saturated heterocycles. The first kappa shape index (κ1) is 16.3. The second-order valence-corrected chi connectivity index (χ2v) is 5.24. The predicted octanol–water partition coefficient (Wildman–Crippen LogP) is 2.98. The lowest BCUT2D eigenvalue weighted by Crippen LogP contribution is -2.12. The third-order valence-electron chi connectivity index (χ3n) is 2.13. The molecule has 0 radical (unpaired) electrons. The van der Waals surface area contributed by atoms with Crippen molar-refractivity contribution in [3.63, 3.8) is 0 Å². The van der Waals surface area contributed by atoms with Crippen molar-refractivity contribution in [3.8, 4) is 5.75 Å². The minimum absolute atomic E-state index is 0.00502. The minimum atomic E-state index is 0.00502. The zero-order valence-electron chi connectivity index (χ0n) is 11.5. The van der Waals surface area contributed by atoms with Gasteiger partial charge in [-0.25, -0.2) is 0 Å². The lowest BCUT2D eigenvalue weighted by Gasteiger charge is -2.12. The Morgan fingerprint density at radius 3 is 2.00 bits per heavy atom. The number of ether oxygens (including phenoxy) is 2. The predicted molar refractivity (Wildman–Crippen MR) is 78.3 cm³/mol. The highest BCUT2D eigenvalue weighted by atomic mass is 32.1. The zero-order chi connectivity index (χ0) is 13.3. The Balaban J connectivity index is 0.00000121. The summed E-state index contributed by atoms with van der Waals surface area (Å²) >= 11 is 3.67. The van der Waals surface area contributed by atoms with Gasteiger partial charge < -0.3 is 9.47 Å².